The van der Waals surface area contributed by atoms with Crippen LogP contribution in [0.2, 0.25) is 0 Å². The molecule has 1 heterocycles. The maximum absolute atomic E-state index is 2.64. The number of hydrogen-bond donors (Lipinski definition) is 0. The second kappa shape index (κ2) is 3.25. The molecule has 0 N–H and O–H groups in total. The van der Waals surface area contributed by atoms with E-state index in [2.05, 4.69) is 30.7 Å². The summed E-state index contributed by atoms with van der Waals surface area (Å²) in [7, 11) is 2.30. The van der Waals surface area contributed by atoms with Gasteiger partial charge in [-0.15, -0.1) is 0 Å². The van der Waals surface area contributed by atoms with Crippen LogP contribution in [-0.4, -0.2) is 48.1 Å². The molecule has 13 heavy (non-hydrogen) atoms. The van der Waals surface area contributed by atoms with Crippen LogP contribution < -0.4 is 0 Å². The van der Waals surface area contributed by atoms with Crippen molar-refractivity contribution < 1.29 is 0 Å². The summed E-state index contributed by atoms with van der Waals surface area (Å²) in [6, 6.07) is 0.728. The molecule has 2 fully saturated rings. The van der Waals surface area contributed by atoms with Gasteiger partial charge in [0.05, 0.1) is 0 Å². The maximum atomic E-state index is 2.64. The van der Waals surface area contributed by atoms with Gasteiger partial charge in [0.2, 0.25) is 0 Å². The zero-order chi connectivity index (χ0) is 9.47. The van der Waals surface area contributed by atoms with Crippen molar-refractivity contribution in [3.63, 3.8) is 0 Å². The van der Waals surface area contributed by atoms with E-state index in [1.54, 1.807) is 0 Å². The van der Waals surface area contributed by atoms with Crippen LogP contribution in [0, 0.1) is 0 Å². The maximum Gasteiger partial charge on any atom is 0.0334 e. The highest BCUT2D eigenvalue weighted by Gasteiger charge is 2.44. The molecule has 0 atom stereocenters. The number of nitrogens with zero attached hydrogens (tertiary/aromatic N) is 2. The molecule has 1 aliphatic carbocycles. The van der Waals surface area contributed by atoms with E-state index in [-0.39, 0.29) is 0 Å². The van der Waals surface area contributed by atoms with Gasteiger partial charge >= 0.3 is 0 Å². The molecule has 76 valence electrons. The molecule has 1 saturated carbocycles. The summed E-state index contributed by atoms with van der Waals surface area (Å²) >= 11 is 0. The first-order chi connectivity index (χ1) is 6.14. The molecule has 2 aliphatic rings. The second-order valence-electron chi connectivity index (χ2n) is 5.06. The highest BCUT2D eigenvalue weighted by Crippen LogP contribution is 2.39. The zero-order valence-electron chi connectivity index (χ0n) is 9.21. The van der Waals surface area contributed by atoms with Crippen molar-refractivity contribution in [1.29, 1.82) is 0 Å². The highest BCUT2D eigenvalue weighted by atomic mass is 15.3. The lowest BCUT2D eigenvalue weighted by Gasteiger charge is -2.55. The van der Waals surface area contributed by atoms with E-state index in [0.717, 1.165) is 6.04 Å². The topological polar surface area (TPSA) is 6.48 Å². The fourth-order valence-electron chi connectivity index (χ4n) is 2.66. The Balaban J connectivity index is 2.01. The summed E-state index contributed by atoms with van der Waals surface area (Å²) in [6.45, 7) is 8.46. The van der Waals surface area contributed by atoms with Gasteiger partial charge in [0.1, 0.15) is 0 Å². The molecule has 0 amide bonds. The second-order valence-corrected chi connectivity index (χ2v) is 5.06. The van der Waals surface area contributed by atoms with E-state index in [1.807, 2.05) is 0 Å². The average Bonchev–Trinajstić information content (AvgIpc) is 2.02. The Morgan fingerprint density at radius 1 is 1.15 bits per heavy atom. The van der Waals surface area contributed by atoms with Gasteiger partial charge in [-0.05, 0) is 40.2 Å². The minimum absolute atomic E-state index is 0.572. The SMILES string of the molecule is CC(C)N1CCN(C)C2(CCC2)C1. The predicted octanol–water partition coefficient (Wildman–Crippen LogP) is 1.56. The van der Waals surface area contributed by atoms with Crippen LogP contribution in [0.4, 0.5) is 0 Å². The highest BCUT2D eigenvalue weighted by molar-refractivity contribution is 5.02. The molecule has 0 aromatic rings. The van der Waals surface area contributed by atoms with Gasteiger partial charge in [-0.3, -0.25) is 9.80 Å². The van der Waals surface area contributed by atoms with E-state index >= 15 is 0 Å². The Morgan fingerprint density at radius 3 is 2.31 bits per heavy atom. The summed E-state index contributed by atoms with van der Waals surface area (Å²) in [4.78, 5) is 5.23. The van der Waals surface area contributed by atoms with Crippen molar-refractivity contribution in [2.75, 3.05) is 26.7 Å². The van der Waals surface area contributed by atoms with Gasteiger partial charge in [0, 0.05) is 31.2 Å². The van der Waals surface area contributed by atoms with Crippen molar-refractivity contribution in [3.8, 4) is 0 Å². The van der Waals surface area contributed by atoms with Crippen LogP contribution >= 0.6 is 0 Å². The lowest BCUT2D eigenvalue weighted by molar-refractivity contribution is -0.0461. The molecule has 0 bridgehead atoms. The Labute approximate surface area is 81.9 Å². The summed E-state index contributed by atoms with van der Waals surface area (Å²) < 4.78 is 0. The van der Waals surface area contributed by atoms with Crippen LogP contribution in [0.25, 0.3) is 0 Å². The number of likely N-dealkylation sites (N-methyl/N-ethyl adjacent to an activating group) is 1. The molecule has 1 saturated heterocycles. The number of hydrogen-bond acceptors (Lipinski definition) is 2. The van der Waals surface area contributed by atoms with Crippen molar-refractivity contribution in [2.24, 2.45) is 0 Å². The Hall–Kier alpha value is -0.0800. The molecule has 1 spiro atoms. The van der Waals surface area contributed by atoms with Crippen molar-refractivity contribution >= 4 is 0 Å². The number of piperazine rings is 1. The standard InChI is InChI=1S/C11H22N2/c1-10(2)13-8-7-12(3)11(9-13)5-4-6-11/h10H,4-9H2,1-3H3. The van der Waals surface area contributed by atoms with Crippen molar-refractivity contribution in [1.82, 2.24) is 9.80 Å². The van der Waals surface area contributed by atoms with E-state index in [1.165, 1.54) is 38.9 Å². The van der Waals surface area contributed by atoms with Crippen LogP contribution in [-0.2, 0) is 0 Å². The molecule has 1 aliphatic heterocycles. The molecule has 2 rings (SSSR count). The lowest BCUT2D eigenvalue weighted by Crippen LogP contribution is -2.65. The molecule has 2 heteroatoms. The van der Waals surface area contributed by atoms with Crippen LogP contribution in [0.5, 0.6) is 0 Å². The van der Waals surface area contributed by atoms with Gasteiger partial charge in [0.25, 0.3) is 0 Å². The Kier molecular flexibility index (Phi) is 2.37. The fourth-order valence-corrected chi connectivity index (χ4v) is 2.66. The van der Waals surface area contributed by atoms with E-state index in [0.29, 0.717) is 5.54 Å². The van der Waals surface area contributed by atoms with E-state index in [9.17, 15) is 0 Å². The minimum atomic E-state index is 0.572. The van der Waals surface area contributed by atoms with Crippen molar-refractivity contribution in [3.05, 3.63) is 0 Å². The van der Waals surface area contributed by atoms with Gasteiger partial charge in [0.15, 0.2) is 0 Å². The smallest absolute Gasteiger partial charge is 0.0334 e. The van der Waals surface area contributed by atoms with Crippen molar-refractivity contribution in [2.45, 2.75) is 44.7 Å². The summed E-state index contributed by atoms with van der Waals surface area (Å²) in [6.07, 6.45) is 4.29. The number of rotatable bonds is 1. The van der Waals surface area contributed by atoms with Gasteiger partial charge in [-0.25, -0.2) is 0 Å². The molecular weight excluding hydrogens is 160 g/mol. The lowest BCUT2D eigenvalue weighted by atomic mass is 9.74. The third kappa shape index (κ3) is 1.50. The third-order valence-corrected chi connectivity index (χ3v) is 4.04. The van der Waals surface area contributed by atoms with Gasteiger partial charge < -0.3 is 0 Å². The Morgan fingerprint density at radius 2 is 1.85 bits per heavy atom. The van der Waals surface area contributed by atoms with E-state index in [4.69, 9.17) is 0 Å². The first kappa shape index (κ1) is 9.47. The minimum Gasteiger partial charge on any atom is -0.298 e. The first-order valence-corrected chi connectivity index (χ1v) is 5.59. The average molecular weight is 182 g/mol. The fraction of sp³-hybridized carbons (Fsp3) is 1.00. The monoisotopic (exact) mass is 182 g/mol. The summed E-state index contributed by atoms with van der Waals surface area (Å²) in [5.41, 5.74) is 0.572. The largest absolute Gasteiger partial charge is 0.298 e. The Bertz CT molecular complexity index is 185. The quantitative estimate of drug-likeness (QED) is 0.607. The summed E-state index contributed by atoms with van der Waals surface area (Å²) in [5.74, 6) is 0. The molecule has 0 aromatic carbocycles. The molecule has 0 radical (unpaired) electrons. The molecular formula is C11H22N2. The predicted molar refractivity (Wildman–Crippen MR) is 55.9 cm³/mol. The molecule has 0 aromatic heterocycles. The third-order valence-electron chi connectivity index (χ3n) is 4.04. The van der Waals surface area contributed by atoms with Crippen LogP contribution in [0.1, 0.15) is 33.1 Å². The molecule has 0 unspecified atom stereocenters. The van der Waals surface area contributed by atoms with Gasteiger partial charge in [-0.1, -0.05) is 0 Å². The van der Waals surface area contributed by atoms with Gasteiger partial charge in [-0.2, -0.15) is 0 Å². The summed E-state index contributed by atoms with van der Waals surface area (Å²) in [5, 5.41) is 0. The van der Waals surface area contributed by atoms with Crippen LogP contribution in [0.3, 0.4) is 0 Å². The molecule has 2 nitrogen and oxygen atoms in total. The zero-order valence-corrected chi connectivity index (χ0v) is 9.21. The first-order valence-electron chi connectivity index (χ1n) is 5.59. The normalized spacial score (nSPS) is 29.5. The van der Waals surface area contributed by atoms with E-state index < -0.39 is 0 Å². The van der Waals surface area contributed by atoms with Crippen LogP contribution in [0.15, 0.2) is 0 Å².